The van der Waals surface area contributed by atoms with Gasteiger partial charge < -0.3 is 10.3 Å². The minimum Gasteiger partial charge on any atom is -0.380 e. The molecule has 0 aromatic carbocycles. The van der Waals surface area contributed by atoms with Crippen molar-refractivity contribution < 1.29 is 4.39 Å². The lowest BCUT2D eigenvalue weighted by Gasteiger charge is -2.03. The van der Waals surface area contributed by atoms with Crippen molar-refractivity contribution in [2.45, 2.75) is 6.54 Å². The van der Waals surface area contributed by atoms with Crippen LogP contribution in [0.1, 0.15) is 5.56 Å². The molecule has 2 aromatic rings. The summed E-state index contributed by atoms with van der Waals surface area (Å²) >= 11 is 0. The van der Waals surface area contributed by atoms with Crippen molar-refractivity contribution in [3.8, 4) is 0 Å². The van der Waals surface area contributed by atoms with E-state index in [0.717, 1.165) is 5.56 Å². The highest BCUT2D eigenvalue weighted by Gasteiger charge is 1.96. The molecule has 0 amide bonds. The van der Waals surface area contributed by atoms with Gasteiger partial charge in [0.15, 0.2) is 0 Å². The Morgan fingerprint density at radius 3 is 3.07 bits per heavy atom. The normalized spacial score (nSPS) is 10.1. The monoisotopic (exact) mass is 191 g/mol. The van der Waals surface area contributed by atoms with Gasteiger partial charge in [-0.05, 0) is 11.6 Å². The van der Waals surface area contributed by atoms with Gasteiger partial charge in [-0.15, -0.1) is 0 Å². The Morgan fingerprint density at radius 2 is 2.36 bits per heavy atom. The number of aromatic nitrogens is 2. The molecular formula is C10H10FN3. The Hall–Kier alpha value is -1.84. The SMILES string of the molecule is Fc1cncc(NCc2cc[nH]c2)c1. The smallest absolute Gasteiger partial charge is 0.143 e. The van der Waals surface area contributed by atoms with E-state index >= 15 is 0 Å². The van der Waals surface area contributed by atoms with Gasteiger partial charge >= 0.3 is 0 Å². The standard InChI is InChI=1S/C10H10FN3/c11-9-3-10(7-13-6-9)14-5-8-1-2-12-4-8/h1-4,6-7,12,14H,5H2. The number of H-pyrrole nitrogens is 1. The van der Waals surface area contributed by atoms with Crippen LogP contribution in [0.25, 0.3) is 0 Å². The molecule has 0 aliphatic heterocycles. The molecule has 0 aliphatic carbocycles. The third-order valence-corrected chi connectivity index (χ3v) is 1.86. The number of nitrogens with one attached hydrogen (secondary N) is 2. The van der Waals surface area contributed by atoms with E-state index in [2.05, 4.69) is 15.3 Å². The van der Waals surface area contributed by atoms with E-state index in [9.17, 15) is 4.39 Å². The lowest BCUT2D eigenvalue weighted by molar-refractivity contribution is 0.622. The van der Waals surface area contributed by atoms with Crippen molar-refractivity contribution >= 4 is 5.69 Å². The summed E-state index contributed by atoms with van der Waals surface area (Å²) in [5, 5.41) is 3.07. The van der Waals surface area contributed by atoms with Crippen LogP contribution in [0.5, 0.6) is 0 Å². The number of pyridine rings is 1. The van der Waals surface area contributed by atoms with Gasteiger partial charge in [-0.25, -0.2) is 4.39 Å². The summed E-state index contributed by atoms with van der Waals surface area (Å²) in [6, 6.07) is 3.37. The third kappa shape index (κ3) is 2.10. The van der Waals surface area contributed by atoms with Crippen LogP contribution < -0.4 is 5.32 Å². The van der Waals surface area contributed by atoms with Crippen LogP contribution >= 0.6 is 0 Å². The first-order valence-electron chi connectivity index (χ1n) is 4.31. The summed E-state index contributed by atoms with van der Waals surface area (Å²) in [6.07, 6.45) is 6.51. The Kier molecular flexibility index (Phi) is 2.44. The first-order valence-corrected chi connectivity index (χ1v) is 4.31. The molecule has 2 heterocycles. The second-order valence-electron chi connectivity index (χ2n) is 2.96. The molecule has 0 bridgehead atoms. The molecule has 0 spiro atoms. The molecule has 72 valence electrons. The van der Waals surface area contributed by atoms with Crippen LogP contribution in [-0.4, -0.2) is 9.97 Å². The fraction of sp³-hybridized carbons (Fsp3) is 0.100. The average molecular weight is 191 g/mol. The minimum absolute atomic E-state index is 0.330. The Balaban J connectivity index is 1.98. The van der Waals surface area contributed by atoms with Crippen molar-refractivity contribution in [1.82, 2.24) is 9.97 Å². The summed E-state index contributed by atoms with van der Waals surface area (Å²) in [5.74, 6) is -0.330. The van der Waals surface area contributed by atoms with Crippen LogP contribution in [0.4, 0.5) is 10.1 Å². The molecule has 14 heavy (non-hydrogen) atoms. The first-order chi connectivity index (χ1) is 6.84. The Labute approximate surface area is 81.0 Å². The molecule has 0 saturated heterocycles. The zero-order valence-electron chi connectivity index (χ0n) is 7.50. The third-order valence-electron chi connectivity index (χ3n) is 1.86. The van der Waals surface area contributed by atoms with Crippen LogP contribution in [0.2, 0.25) is 0 Å². The maximum Gasteiger partial charge on any atom is 0.143 e. The van der Waals surface area contributed by atoms with Gasteiger partial charge in [-0.1, -0.05) is 0 Å². The highest BCUT2D eigenvalue weighted by molar-refractivity contribution is 5.40. The highest BCUT2D eigenvalue weighted by Crippen LogP contribution is 2.08. The number of rotatable bonds is 3. The lowest BCUT2D eigenvalue weighted by Crippen LogP contribution is -1.98. The number of halogens is 1. The number of anilines is 1. The van der Waals surface area contributed by atoms with Crippen molar-refractivity contribution in [3.63, 3.8) is 0 Å². The minimum atomic E-state index is -0.330. The summed E-state index contributed by atoms with van der Waals surface area (Å²) in [4.78, 5) is 6.69. The number of nitrogens with zero attached hydrogens (tertiary/aromatic N) is 1. The zero-order valence-corrected chi connectivity index (χ0v) is 7.50. The van der Waals surface area contributed by atoms with Gasteiger partial charge in [-0.2, -0.15) is 0 Å². The molecule has 3 nitrogen and oxygen atoms in total. The van der Waals surface area contributed by atoms with Crippen molar-refractivity contribution in [2.75, 3.05) is 5.32 Å². The van der Waals surface area contributed by atoms with E-state index in [4.69, 9.17) is 0 Å². The molecule has 2 aromatic heterocycles. The van der Waals surface area contributed by atoms with Gasteiger partial charge in [0.05, 0.1) is 18.1 Å². The molecule has 0 atom stereocenters. The zero-order chi connectivity index (χ0) is 9.80. The lowest BCUT2D eigenvalue weighted by atomic mass is 10.3. The summed E-state index contributed by atoms with van der Waals surface area (Å²) in [5.41, 5.74) is 1.81. The number of aromatic amines is 1. The molecule has 0 fully saturated rings. The highest BCUT2D eigenvalue weighted by atomic mass is 19.1. The van der Waals surface area contributed by atoms with Gasteiger partial charge in [0.2, 0.25) is 0 Å². The van der Waals surface area contributed by atoms with Crippen LogP contribution in [-0.2, 0) is 6.54 Å². The van der Waals surface area contributed by atoms with Crippen molar-refractivity contribution in [1.29, 1.82) is 0 Å². The van der Waals surface area contributed by atoms with Crippen LogP contribution in [0.15, 0.2) is 36.9 Å². The Bertz CT molecular complexity index is 398. The largest absolute Gasteiger partial charge is 0.380 e. The number of hydrogen-bond donors (Lipinski definition) is 2. The predicted molar refractivity (Wildman–Crippen MR) is 52.3 cm³/mol. The van der Waals surface area contributed by atoms with Gasteiger partial charge in [0, 0.05) is 25.0 Å². The predicted octanol–water partition coefficient (Wildman–Crippen LogP) is 2.16. The fourth-order valence-corrected chi connectivity index (χ4v) is 1.18. The molecule has 0 unspecified atom stereocenters. The molecule has 2 N–H and O–H groups in total. The molecule has 0 aliphatic rings. The second kappa shape index (κ2) is 3.91. The van der Waals surface area contributed by atoms with Gasteiger partial charge in [-0.3, -0.25) is 4.98 Å². The second-order valence-corrected chi connectivity index (χ2v) is 2.96. The summed E-state index contributed by atoms with van der Waals surface area (Å²) in [7, 11) is 0. The Morgan fingerprint density at radius 1 is 1.43 bits per heavy atom. The topological polar surface area (TPSA) is 40.7 Å². The maximum absolute atomic E-state index is 12.7. The summed E-state index contributed by atoms with van der Waals surface area (Å²) < 4.78 is 12.7. The molecule has 2 rings (SSSR count). The molecular weight excluding hydrogens is 181 g/mol. The quantitative estimate of drug-likeness (QED) is 0.780. The van der Waals surface area contributed by atoms with E-state index < -0.39 is 0 Å². The number of hydrogen-bond acceptors (Lipinski definition) is 2. The van der Waals surface area contributed by atoms with E-state index in [1.807, 2.05) is 18.5 Å². The molecule has 0 saturated carbocycles. The molecule has 0 radical (unpaired) electrons. The van der Waals surface area contributed by atoms with Gasteiger partial charge in [0.1, 0.15) is 5.82 Å². The maximum atomic E-state index is 12.7. The van der Waals surface area contributed by atoms with E-state index in [1.165, 1.54) is 12.3 Å². The molecule has 4 heteroatoms. The fourth-order valence-electron chi connectivity index (χ4n) is 1.18. The van der Waals surface area contributed by atoms with Crippen LogP contribution in [0.3, 0.4) is 0 Å². The van der Waals surface area contributed by atoms with Gasteiger partial charge in [0.25, 0.3) is 0 Å². The first kappa shape index (κ1) is 8.74. The average Bonchev–Trinajstić information content (AvgIpc) is 2.67. The summed E-state index contributed by atoms with van der Waals surface area (Å²) in [6.45, 7) is 0.661. The van der Waals surface area contributed by atoms with E-state index in [-0.39, 0.29) is 5.82 Å². The van der Waals surface area contributed by atoms with E-state index in [0.29, 0.717) is 12.2 Å². The van der Waals surface area contributed by atoms with Crippen molar-refractivity contribution in [3.05, 3.63) is 48.3 Å². The van der Waals surface area contributed by atoms with Crippen LogP contribution in [0, 0.1) is 5.82 Å². The van der Waals surface area contributed by atoms with Crippen molar-refractivity contribution in [2.24, 2.45) is 0 Å². The van der Waals surface area contributed by atoms with E-state index in [1.54, 1.807) is 6.20 Å².